The molecule has 190 valence electrons. The Labute approximate surface area is 224 Å². The van der Waals surface area contributed by atoms with Gasteiger partial charge in [0.1, 0.15) is 5.01 Å². The molecule has 5 aromatic rings. The van der Waals surface area contributed by atoms with Gasteiger partial charge in [-0.3, -0.25) is 4.89 Å². The second kappa shape index (κ2) is 11.0. The summed E-state index contributed by atoms with van der Waals surface area (Å²) in [6.07, 6.45) is 8.40. The molecule has 9 heteroatoms. The molecule has 0 spiro atoms. The zero-order chi connectivity index (χ0) is 25.9. The van der Waals surface area contributed by atoms with Crippen molar-refractivity contribution in [1.29, 1.82) is 0 Å². The maximum atomic E-state index is 12.7. The van der Waals surface area contributed by atoms with Crippen LogP contribution in [0.2, 0.25) is 5.02 Å². The Hall–Kier alpha value is -3.33. The van der Waals surface area contributed by atoms with E-state index in [4.69, 9.17) is 26.4 Å². The van der Waals surface area contributed by atoms with E-state index in [0.29, 0.717) is 11.6 Å². The number of benzene rings is 2. The number of halogens is 1. The van der Waals surface area contributed by atoms with Crippen molar-refractivity contribution >= 4 is 44.8 Å². The lowest BCUT2D eigenvalue weighted by atomic mass is 9.93. The van der Waals surface area contributed by atoms with Gasteiger partial charge < -0.3 is 0 Å². The summed E-state index contributed by atoms with van der Waals surface area (Å²) in [7, 11) is 0. The number of hydrogen-bond donors (Lipinski definition) is 0. The maximum Gasteiger partial charge on any atom is 0.346 e. The monoisotopic (exact) mass is 534 g/mol. The van der Waals surface area contributed by atoms with E-state index in [9.17, 15) is 4.79 Å². The Balaban J connectivity index is 1.59. The van der Waals surface area contributed by atoms with Gasteiger partial charge in [0.05, 0.1) is 29.4 Å². The molecular formula is C28H27ClN4O3S. The number of fused-ring (bicyclic) bond motifs is 2. The van der Waals surface area contributed by atoms with Crippen LogP contribution in [0.1, 0.15) is 43.4 Å². The van der Waals surface area contributed by atoms with Crippen LogP contribution in [0.3, 0.4) is 0 Å². The molecule has 0 radical (unpaired) electrons. The molecule has 0 atom stereocenters. The molecule has 2 aromatic carbocycles. The number of aryl methyl sites for hydroxylation is 2. The molecule has 3 aromatic heterocycles. The molecule has 0 amide bonds. The predicted octanol–water partition coefficient (Wildman–Crippen LogP) is 7.01. The molecule has 5 rings (SSSR count). The van der Waals surface area contributed by atoms with Crippen LogP contribution in [0, 0.1) is 6.92 Å². The van der Waals surface area contributed by atoms with Crippen molar-refractivity contribution in [2.75, 3.05) is 6.61 Å². The largest absolute Gasteiger partial charge is 0.346 e. The number of carbonyl (C=O) groups excluding carboxylic acids is 1. The number of rotatable bonds is 9. The number of unbranched alkanes of at least 4 members (excludes halogenated alkanes) is 1. The standard InChI is InChI=1S/C28H27ClN4O3S/c1-4-6-11-35-36-24(34)13-22-17(3)12-23-26(25(22)19-7-9-21(29)10-8-19)37-28(32-23)20-14-30-27-18(5-2)15-31-33(27)16-20/h7-10,12,14-16H,4-6,11,13H2,1-3H3. The summed E-state index contributed by atoms with van der Waals surface area (Å²) in [6.45, 7) is 6.52. The third kappa shape index (κ3) is 5.23. The summed E-state index contributed by atoms with van der Waals surface area (Å²) in [5.41, 5.74) is 7.42. The molecular weight excluding hydrogens is 508 g/mol. The average Bonchev–Trinajstić information content (AvgIpc) is 3.51. The van der Waals surface area contributed by atoms with E-state index in [1.807, 2.05) is 55.8 Å². The van der Waals surface area contributed by atoms with Crippen molar-refractivity contribution < 1.29 is 14.6 Å². The SMILES string of the molecule is CCCCOOC(=O)Cc1c(C)cc2nc(-c3cnc4c(CC)cnn4c3)sc2c1-c1ccc(Cl)cc1. The number of carbonyl (C=O) groups is 1. The first-order valence-corrected chi connectivity index (χ1v) is 13.5. The summed E-state index contributed by atoms with van der Waals surface area (Å²) in [6, 6.07) is 9.65. The highest BCUT2D eigenvalue weighted by atomic mass is 35.5. The highest BCUT2D eigenvalue weighted by Gasteiger charge is 2.21. The van der Waals surface area contributed by atoms with Gasteiger partial charge in [-0.1, -0.05) is 44.0 Å². The fourth-order valence-electron chi connectivity index (χ4n) is 4.28. The highest BCUT2D eigenvalue weighted by molar-refractivity contribution is 7.22. The van der Waals surface area contributed by atoms with Crippen LogP contribution < -0.4 is 0 Å². The minimum atomic E-state index is -0.432. The third-order valence-corrected chi connectivity index (χ3v) is 7.65. The van der Waals surface area contributed by atoms with Gasteiger partial charge >= 0.3 is 5.97 Å². The molecule has 37 heavy (non-hydrogen) atoms. The molecule has 3 heterocycles. The molecule has 0 aliphatic carbocycles. The van der Waals surface area contributed by atoms with Crippen molar-refractivity contribution in [2.45, 2.75) is 46.5 Å². The van der Waals surface area contributed by atoms with Gasteiger partial charge in [0.15, 0.2) is 5.65 Å². The van der Waals surface area contributed by atoms with Crippen LogP contribution in [-0.4, -0.2) is 32.2 Å². The summed E-state index contributed by atoms with van der Waals surface area (Å²) in [5.74, 6) is -0.432. The first-order valence-electron chi connectivity index (χ1n) is 12.3. The van der Waals surface area contributed by atoms with Gasteiger partial charge in [0.25, 0.3) is 0 Å². The first kappa shape index (κ1) is 25.3. The van der Waals surface area contributed by atoms with Crippen molar-refractivity contribution in [3.8, 4) is 21.7 Å². The Morgan fingerprint density at radius 2 is 1.95 bits per heavy atom. The van der Waals surface area contributed by atoms with E-state index >= 15 is 0 Å². The number of aromatic nitrogens is 4. The zero-order valence-electron chi connectivity index (χ0n) is 21.0. The van der Waals surface area contributed by atoms with E-state index in [1.165, 1.54) is 0 Å². The molecule has 0 N–H and O–H groups in total. The van der Waals surface area contributed by atoms with Crippen molar-refractivity contribution in [3.63, 3.8) is 0 Å². The Kier molecular flexibility index (Phi) is 7.50. The van der Waals surface area contributed by atoms with Gasteiger partial charge in [0, 0.05) is 34.1 Å². The summed E-state index contributed by atoms with van der Waals surface area (Å²) < 4.78 is 2.78. The average molecular weight is 535 g/mol. The van der Waals surface area contributed by atoms with Crippen LogP contribution in [0.15, 0.2) is 48.9 Å². The molecule has 0 saturated heterocycles. The van der Waals surface area contributed by atoms with Crippen LogP contribution in [0.25, 0.3) is 37.6 Å². The van der Waals surface area contributed by atoms with E-state index in [-0.39, 0.29) is 6.42 Å². The molecule has 0 bridgehead atoms. The second-order valence-electron chi connectivity index (χ2n) is 8.86. The van der Waals surface area contributed by atoms with Crippen molar-refractivity contribution in [1.82, 2.24) is 19.6 Å². The van der Waals surface area contributed by atoms with Crippen LogP contribution in [0.4, 0.5) is 0 Å². The van der Waals surface area contributed by atoms with Crippen molar-refractivity contribution in [3.05, 3.63) is 70.6 Å². The van der Waals surface area contributed by atoms with Gasteiger partial charge in [-0.25, -0.2) is 19.3 Å². The number of nitrogens with zero attached hydrogens (tertiary/aromatic N) is 4. The quantitative estimate of drug-likeness (QED) is 0.115. The summed E-state index contributed by atoms with van der Waals surface area (Å²) in [5, 5.41) is 5.93. The molecule has 0 saturated carbocycles. The van der Waals surface area contributed by atoms with Crippen LogP contribution >= 0.6 is 22.9 Å². The number of thiazole rings is 1. The highest BCUT2D eigenvalue weighted by Crippen LogP contribution is 2.41. The lowest BCUT2D eigenvalue weighted by Gasteiger charge is -2.14. The Morgan fingerprint density at radius 3 is 2.70 bits per heavy atom. The van der Waals surface area contributed by atoms with E-state index < -0.39 is 5.97 Å². The summed E-state index contributed by atoms with van der Waals surface area (Å²) in [4.78, 5) is 32.4. The fourth-order valence-corrected chi connectivity index (χ4v) is 5.52. The van der Waals surface area contributed by atoms with Gasteiger partial charge in [-0.15, -0.1) is 11.3 Å². The normalized spacial score (nSPS) is 11.5. The minimum Gasteiger partial charge on any atom is -0.298 e. The summed E-state index contributed by atoms with van der Waals surface area (Å²) >= 11 is 7.75. The van der Waals surface area contributed by atoms with E-state index in [1.54, 1.807) is 15.9 Å². The fraction of sp³-hybridized carbons (Fsp3) is 0.286. The molecule has 0 fully saturated rings. The van der Waals surface area contributed by atoms with Crippen molar-refractivity contribution in [2.24, 2.45) is 0 Å². The van der Waals surface area contributed by atoms with Gasteiger partial charge in [0.2, 0.25) is 0 Å². The van der Waals surface area contributed by atoms with Gasteiger partial charge in [-0.05, 0) is 54.7 Å². The van der Waals surface area contributed by atoms with E-state index in [0.717, 1.165) is 73.5 Å². The zero-order valence-corrected chi connectivity index (χ0v) is 22.5. The Bertz CT molecular complexity index is 1580. The number of hydrogen-bond acceptors (Lipinski definition) is 7. The topological polar surface area (TPSA) is 78.6 Å². The van der Waals surface area contributed by atoms with E-state index in [2.05, 4.69) is 23.9 Å². The Morgan fingerprint density at radius 1 is 1.14 bits per heavy atom. The first-order chi connectivity index (χ1) is 18.0. The molecule has 7 nitrogen and oxygen atoms in total. The molecule has 0 unspecified atom stereocenters. The minimum absolute atomic E-state index is 0.0830. The van der Waals surface area contributed by atoms with Gasteiger partial charge in [-0.2, -0.15) is 9.99 Å². The smallest absolute Gasteiger partial charge is 0.298 e. The second-order valence-corrected chi connectivity index (χ2v) is 10.3. The lowest BCUT2D eigenvalue weighted by molar-refractivity contribution is -0.272. The molecule has 0 aliphatic rings. The molecule has 0 aliphatic heterocycles. The van der Waals surface area contributed by atoms with Crippen LogP contribution in [0.5, 0.6) is 0 Å². The van der Waals surface area contributed by atoms with Crippen LogP contribution in [-0.2, 0) is 27.4 Å². The lowest BCUT2D eigenvalue weighted by Crippen LogP contribution is -2.11. The predicted molar refractivity (Wildman–Crippen MR) is 147 cm³/mol. The maximum absolute atomic E-state index is 12.7. The third-order valence-electron chi connectivity index (χ3n) is 6.26.